The third-order valence-electron chi connectivity index (χ3n) is 4.95. The van der Waals surface area contributed by atoms with E-state index >= 15 is 0 Å². The van der Waals surface area contributed by atoms with Crippen molar-refractivity contribution >= 4 is 34.6 Å². The minimum atomic E-state index is 0. The summed E-state index contributed by atoms with van der Waals surface area (Å²) in [4.78, 5) is 4.90. The van der Waals surface area contributed by atoms with Crippen molar-refractivity contribution in [2.24, 2.45) is 0 Å². The number of benzene rings is 3. The van der Waals surface area contributed by atoms with Gasteiger partial charge in [0.15, 0.2) is 0 Å². The Hall–Kier alpha value is -2.03. The highest BCUT2D eigenvalue weighted by molar-refractivity contribution is 5.87. The molecule has 0 bridgehead atoms. The Morgan fingerprint density at radius 1 is 0.875 bits per heavy atom. The lowest BCUT2D eigenvalue weighted by atomic mass is 10.1. The molecule has 2 nitrogen and oxygen atoms in total. The molecule has 0 radical (unpaired) electrons. The monoisotopic (exact) mass is 338 g/mol. The Morgan fingerprint density at radius 3 is 2.42 bits per heavy atom. The molecule has 0 fully saturated rings. The van der Waals surface area contributed by atoms with Crippen molar-refractivity contribution in [3.05, 3.63) is 72.3 Å². The molecule has 0 N–H and O–H groups in total. The Balaban J connectivity index is 0.00000169. The van der Waals surface area contributed by atoms with Gasteiger partial charge in [0.25, 0.3) is 0 Å². The molecule has 0 aromatic heterocycles. The number of halogens is 1. The van der Waals surface area contributed by atoms with Crippen LogP contribution in [-0.2, 0) is 6.54 Å². The van der Waals surface area contributed by atoms with Gasteiger partial charge in [0.1, 0.15) is 0 Å². The number of para-hydroxylation sites is 1. The van der Waals surface area contributed by atoms with E-state index in [9.17, 15) is 0 Å². The van der Waals surface area contributed by atoms with Gasteiger partial charge < -0.3 is 4.90 Å². The topological polar surface area (TPSA) is 6.48 Å². The van der Waals surface area contributed by atoms with Crippen LogP contribution in [-0.4, -0.2) is 24.5 Å². The van der Waals surface area contributed by atoms with Gasteiger partial charge in [0.2, 0.25) is 0 Å². The first-order chi connectivity index (χ1) is 11.2. The first-order valence-corrected chi connectivity index (χ1v) is 8.27. The highest BCUT2D eigenvalue weighted by Gasteiger charge is 2.23. The fourth-order valence-electron chi connectivity index (χ4n) is 3.42. The van der Waals surface area contributed by atoms with E-state index in [1.54, 1.807) is 0 Å². The van der Waals surface area contributed by atoms with E-state index in [0.717, 1.165) is 13.1 Å². The van der Waals surface area contributed by atoms with Crippen LogP contribution in [0.2, 0.25) is 0 Å². The Labute approximate surface area is 150 Å². The van der Waals surface area contributed by atoms with E-state index in [4.69, 9.17) is 0 Å². The normalized spacial score (nSPS) is 17.9. The predicted molar refractivity (Wildman–Crippen MR) is 106 cm³/mol. The average Bonchev–Trinajstić information content (AvgIpc) is 2.71. The highest BCUT2D eigenvalue weighted by Crippen LogP contribution is 2.34. The maximum atomic E-state index is 2.47. The Kier molecular flexibility index (Phi) is 4.79. The Bertz CT molecular complexity index is 846. The summed E-state index contributed by atoms with van der Waals surface area (Å²) in [6, 6.07) is 24.6. The second-order valence-electron chi connectivity index (χ2n) is 6.53. The number of anilines is 2. The minimum absolute atomic E-state index is 0. The standard InChI is InChI=1S/C21H22N2.ClH/c1-16-14-23(21-10-6-5-9-19(21)15-22(16)2)20-12-11-17-7-3-4-8-18(17)13-20;/h3-13,16H,14-15H2,1-2H3;1H. The molecule has 1 aliphatic heterocycles. The molecule has 1 atom stereocenters. The zero-order valence-corrected chi connectivity index (χ0v) is 15.0. The van der Waals surface area contributed by atoms with Gasteiger partial charge in [-0.25, -0.2) is 0 Å². The van der Waals surface area contributed by atoms with E-state index in [1.807, 2.05) is 0 Å². The molecular weight excluding hydrogens is 316 g/mol. The van der Waals surface area contributed by atoms with Crippen LogP contribution in [0, 0.1) is 0 Å². The molecular formula is C21H23ClN2. The van der Waals surface area contributed by atoms with Gasteiger partial charge in [-0.3, -0.25) is 4.90 Å². The van der Waals surface area contributed by atoms with Gasteiger partial charge in [-0.15, -0.1) is 12.4 Å². The minimum Gasteiger partial charge on any atom is -0.340 e. The van der Waals surface area contributed by atoms with Gasteiger partial charge in [-0.2, -0.15) is 0 Å². The third kappa shape index (κ3) is 3.00. The van der Waals surface area contributed by atoms with Crippen LogP contribution < -0.4 is 4.90 Å². The maximum absolute atomic E-state index is 2.47. The molecule has 124 valence electrons. The third-order valence-corrected chi connectivity index (χ3v) is 4.95. The molecule has 1 heterocycles. The summed E-state index contributed by atoms with van der Waals surface area (Å²) in [6.45, 7) is 4.31. The number of fused-ring (bicyclic) bond motifs is 2. The highest BCUT2D eigenvalue weighted by atomic mass is 35.5. The average molecular weight is 339 g/mol. The summed E-state index contributed by atoms with van der Waals surface area (Å²) in [5.74, 6) is 0. The smallest absolute Gasteiger partial charge is 0.0456 e. The van der Waals surface area contributed by atoms with Crippen molar-refractivity contribution in [3.63, 3.8) is 0 Å². The van der Waals surface area contributed by atoms with Gasteiger partial charge in [0.05, 0.1) is 0 Å². The first-order valence-electron chi connectivity index (χ1n) is 8.27. The van der Waals surface area contributed by atoms with Crippen molar-refractivity contribution < 1.29 is 0 Å². The van der Waals surface area contributed by atoms with Crippen molar-refractivity contribution in [3.8, 4) is 0 Å². The second-order valence-corrected chi connectivity index (χ2v) is 6.53. The quantitative estimate of drug-likeness (QED) is 0.599. The van der Waals surface area contributed by atoms with Crippen molar-refractivity contribution in [1.29, 1.82) is 0 Å². The molecule has 0 saturated carbocycles. The lowest BCUT2D eigenvalue weighted by Crippen LogP contribution is -2.35. The number of nitrogens with zero attached hydrogens (tertiary/aromatic N) is 2. The van der Waals surface area contributed by atoms with E-state index in [0.29, 0.717) is 6.04 Å². The Morgan fingerprint density at radius 2 is 1.58 bits per heavy atom. The molecule has 1 aliphatic rings. The SMILES string of the molecule is CC1CN(c2ccc3ccccc3c2)c2ccccc2CN1C.Cl. The molecule has 0 spiro atoms. The fourth-order valence-corrected chi connectivity index (χ4v) is 3.42. The number of likely N-dealkylation sites (N-methyl/N-ethyl adjacent to an activating group) is 1. The summed E-state index contributed by atoms with van der Waals surface area (Å²) >= 11 is 0. The predicted octanol–water partition coefficient (Wildman–Crippen LogP) is 5.23. The summed E-state index contributed by atoms with van der Waals surface area (Å²) < 4.78 is 0. The van der Waals surface area contributed by atoms with Crippen LogP contribution in [0.1, 0.15) is 12.5 Å². The second kappa shape index (κ2) is 6.84. The number of hydrogen-bond donors (Lipinski definition) is 0. The van der Waals surface area contributed by atoms with Gasteiger partial charge in [0, 0.05) is 30.5 Å². The van der Waals surface area contributed by atoms with Gasteiger partial charge >= 0.3 is 0 Å². The molecule has 0 amide bonds. The van der Waals surface area contributed by atoms with Crippen molar-refractivity contribution in [2.45, 2.75) is 19.5 Å². The molecule has 24 heavy (non-hydrogen) atoms. The zero-order chi connectivity index (χ0) is 15.8. The first kappa shape index (κ1) is 16.8. The van der Waals surface area contributed by atoms with Crippen molar-refractivity contribution in [2.75, 3.05) is 18.5 Å². The van der Waals surface area contributed by atoms with E-state index in [-0.39, 0.29) is 12.4 Å². The van der Waals surface area contributed by atoms with Gasteiger partial charge in [-0.1, -0.05) is 48.5 Å². The molecule has 3 heteroatoms. The molecule has 3 aromatic rings. The van der Waals surface area contributed by atoms with Crippen LogP contribution in [0.5, 0.6) is 0 Å². The molecule has 4 rings (SSSR count). The molecule has 3 aromatic carbocycles. The van der Waals surface area contributed by atoms with Crippen LogP contribution >= 0.6 is 12.4 Å². The van der Waals surface area contributed by atoms with Crippen LogP contribution in [0.15, 0.2) is 66.7 Å². The van der Waals surface area contributed by atoms with Gasteiger partial charge in [-0.05, 0) is 48.5 Å². The largest absolute Gasteiger partial charge is 0.340 e. The number of rotatable bonds is 1. The lowest BCUT2D eigenvalue weighted by molar-refractivity contribution is 0.261. The summed E-state index contributed by atoms with van der Waals surface area (Å²) in [5, 5.41) is 2.59. The number of hydrogen-bond acceptors (Lipinski definition) is 2. The summed E-state index contributed by atoms with van der Waals surface area (Å²) in [6.07, 6.45) is 0. The van der Waals surface area contributed by atoms with Crippen LogP contribution in [0.25, 0.3) is 10.8 Å². The summed E-state index contributed by atoms with van der Waals surface area (Å²) in [5.41, 5.74) is 4.00. The van der Waals surface area contributed by atoms with Crippen molar-refractivity contribution in [1.82, 2.24) is 4.90 Å². The van der Waals surface area contributed by atoms with Crippen LogP contribution in [0.3, 0.4) is 0 Å². The lowest BCUT2D eigenvalue weighted by Gasteiger charge is -2.28. The van der Waals surface area contributed by atoms with Crippen LogP contribution in [0.4, 0.5) is 11.4 Å². The zero-order valence-electron chi connectivity index (χ0n) is 14.1. The van der Waals surface area contributed by atoms with E-state index < -0.39 is 0 Å². The molecule has 0 saturated heterocycles. The summed E-state index contributed by atoms with van der Waals surface area (Å²) in [7, 11) is 2.21. The molecule has 0 aliphatic carbocycles. The van der Waals surface area contributed by atoms with E-state index in [1.165, 1.54) is 27.7 Å². The maximum Gasteiger partial charge on any atom is 0.0456 e. The van der Waals surface area contributed by atoms with E-state index in [2.05, 4.69) is 90.5 Å². The fraction of sp³-hybridized carbons (Fsp3) is 0.238. The molecule has 1 unspecified atom stereocenters.